The zero-order valence-electron chi connectivity index (χ0n) is 41.6. The standard InChI is InChI=1S/C44H73N11O19/c1-4-6-7-8-9-10-11-16-33(61)53-34(35(62)44(71)72)42(69)52-31(23-58)40(67)48-27(17-18-32(45)60)38(65)51-29(21-56)39(66)47-26(14-12-19-54(73)24(3)59)37(64)46-25(5-2)36(63)50-30(22-57)41(68)49-28-15-13-20-55(74)43(28)70/h5,26-31,34-35,56-58,62,73-74H,4,6-23H2,1-3H3,(H2,45,60)(H,46,64)(H,47,66)(H,48,67)(H,49,68)(H,50,63)(H,51,65)(H,52,69)(H,53,61)(H,71,72). The highest BCUT2D eigenvalue weighted by Crippen LogP contribution is 2.12. The van der Waals surface area contributed by atoms with Gasteiger partial charge in [0.05, 0.1) is 19.8 Å². The number of nitrogens with zero attached hydrogens (tertiary/aromatic N) is 2. The largest absolute Gasteiger partial charge is 0.479 e. The second-order valence-electron chi connectivity index (χ2n) is 17.2. The summed E-state index contributed by atoms with van der Waals surface area (Å²) >= 11 is 0. The maximum Gasteiger partial charge on any atom is 0.335 e. The summed E-state index contributed by atoms with van der Waals surface area (Å²) in [6.07, 6.45) is 2.97. The van der Waals surface area contributed by atoms with Crippen LogP contribution in [0.3, 0.4) is 0 Å². The molecule has 11 amide bonds. The minimum atomic E-state index is -2.52. The van der Waals surface area contributed by atoms with Gasteiger partial charge in [0.1, 0.15) is 48.0 Å². The van der Waals surface area contributed by atoms with E-state index in [1.807, 2.05) is 5.32 Å². The van der Waals surface area contributed by atoms with Crippen LogP contribution < -0.4 is 48.3 Å². The number of allylic oxidation sites excluding steroid dienone is 1. The smallest absolute Gasteiger partial charge is 0.335 e. The summed E-state index contributed by atoms with van der Waals surface area (Å²) in [5, 5.41) is 87.4. The van der Waals surface area contributed by atoms with E-state index in [1.54, 1.807) is 0 Å². The van der Waals surface area contributed by atoms with E-state index in [0.717, 1.165) is 45.1 Å². The summed E-state index contributed by atoms with van der Waals surface area (Å²) in [5.41, 5.74) is 4.71. The number of aliphatic hydroxyl groups is 4. The van der Waals surface area contributed by atoms with Gasteiger partial charge in [-0.25, -0.2) is 14.9 Å². The number of hydrogen-bond acceptors (Lipinski definition) is 18. The number of hydrogen-bond donors (Lipinski definition) is 16. The quantitative estimate of drug-likeness (QED) is 0.0122. The molecule has 1 fully saturated rings. The van der Waals surface area contributed by atoms with Crippen LogP contribution in [0.1, 0.15) is 111 Å². The van der Waals surface area contributed by atoms with Gasteiger partial charge in [0.25, 0.3) is 11.8 Å². The number of aliphatic hydroxyl groups excluding tert-OH is 4. The normalized spacial score (nSPS) is 16.3. The number of nitrogens with one attached hydrogen (secondary N) is 8. The molecule has 0 aromatic heterocycles. The number of unbranched alkanes of at least 4 members (excludes halogenated alkanes) is 6. The van der Waals surface area contributed by atoms with E-state index < -0.39 is 164 Å². The molecule has 0 aliphatic carbocycles. The van der Waals surface area contributed by atoms with Crippen molar-refractivity contribution in [3.05, 3.63) is 11.8 Å². The first-order valence-corrected chi connectivity index (χ1v) is 24.0. The lowest BCUT2D eigenvalue weighted by molar-refractivity contribution is -0.173. The zero-order chi connectivity index (χ0) is 56.1. The molecule has 1 aliphatic heterocycles. The van der Waals surface area contributed by atoms with Crippen LogP contribution in [0.5, 0.6) is 0 Å². The van der Waals surface area contributed by atoms with Crippen molar-refractivity contribution in [3.63, 3.8) is 0 Å². The Labute approximate surface area is 425 Å². The molecule has 8 atom stereocenters. The second kappa shape index (κ2) is 34.5. The third kappa shape index (κ3) is 23.3. The van der Waals surface area contributed by atoms with Gasteiger partial charge in [0.2, 0.25) is 53.2 Å². The molecule has 0 spiro atoms. The minimum Gasteiger partial charge on any atom is -0.479 e. The molecular weight excluding hydrogens is 987 g/mol. The number of carbonyl (C=O) groups excluding carboxylic acids is 11. The molecule has 0 bridgehead atoms. The Morgan fingerprint density at radius 2 is 1.22 bits per heavy atom. The molecule has 0 aromatic rings. The molecule has 17 N–H and O–H groups in total. The Bertz CT molecular complexity index is 1990. The van der Waals surface area contributed by atoms with Crippen molar-refractivity contribution in [1.29, 1.82) is 0 Å². The predicted molar refractivity (Wildman–Crippen MR) is 252 cm³/mol. The number of piperidine rings is 1. The van der Waals surface area contributed by atoms with Gasteiger partial charge < -0.3 is 73.8 Å². The maximum atomic E-state index is 13.7. The molecule has 1 rings (SSSR count). The highest BCUT2D eigenvalue weighted by Gasteiger charge is 2.37. The van der Waals surface area contributed by atoms with Crippen LogP contribution in [-0.2, 0) is 57.5 Å². The molecule has 0 aromatic carbocycles. The van der Waals surface area contributed by atoms with Crippen molar-refractivity contribution >= 4 is 70.9 Å². The fourth-order valence-electron chi connectivity index (χ4n) is 6.99. The average Bonchev–Trinajstić information content (AvgIpc) is 3.35. The number of carboxylic acids is 1. The van der Waals surface area contributed by atoms with E-state index >= 15 is 0 Å². The van der Waals surface area contributed by atoms with Crippen molar-refractivity contribution in [2.24, 2.45) is 5.73 Å². The minimum absolute atomic E-state index is 0.0232. The monoisotopic (exact) mass is 1060 g/mol. The molecule has 1 saturated heterocycles. The van der Waals surface area contributed by atoms with Gasteiger partial charge in [0, 0.05) is 32.9 Å². The molecule has 8 unspecified atom stereocenters. The first kappa shape index (κ1) is 65.2. The Kier molecular flexibility index (Phi) is 30.4. The number of carboxylic acid groups (broad SMARTS) is 1. The fraction of sp³-hybridized carbons (Fsp3) is 0.682. The van der Waals surface area contributed by atoms with Crippen molar-refractivity contribution in [2.75, 3.05) is 32.9 Å². The van der Waals surface area contributed by atoms with Crippen LogP contribution in [0.2, 0.25) is 0 Å². The zero-order valence-corrected chi connectivity index (χ0v) is 41.6. The van der Waals surface area contributed by atoms with Crippen LogP contribution in [0.4, 0.5) is 0 Å². The first-order valence-electron chi connectivity index (χ1n) is 24.0. The molecule has 1 heterocycles. The topological polar surface area (TPSA) is 475 Å². The summed E-state index contributed by atoms with van der Waals surface area (Å²) in [7, 11) is 0. The van der Waals surface area contributed by atoms with Crippen LogP contribution in [-0.4, -0.2) is 198 Å². The predicted octanol–water partition coefficient (Wildman–Crippen LogP) is -5.74. The Balaban J connectivity index is 3.25. The molecule has 30 nitrogen and oxygen atoms in total. The molecule has 74 heavy (non-hydrogen) atoms. The highest BCUT2D eigenvalue weighted by atomic mass is 16.5. The van der Waals surface area contributed by atoms with E-state index in [2.05, 4.69) is 44.1 Å². The lowest BCUT2D eigenvalue weighted by atomic mass is 10.1. The lowest BCUT2D eigenvalue weighted by Crippen LogP contribution is -2.62. The van der Waals surface area contributed by atoms with Crippen LogP contribution in [0.15, 0.2) is 11.8 Å². The highest BCUT2D eigenvalue weighted by molar-refractivity contribution is 6.02. The summed E-state index contributed by atoms with van der Waals surface area (Å²) in [6.45, 7) is 0.604. The van der Waals surface area contributed by atoms with Crippen LogP contribution in [0, 0.1) is 0 Å². The van der Waals surface area contributed by atoms with Crippen molar-refractivity contribution in [3.8, 4) is 0 Å². The molecule has 1 aliphatic rings. The number of hydroxylamine groups is 4. The fourth-order valence-corrected chi connectivity index (χ4v) is 6.99. The van der Waals surface area contributed by atoms with E-state index in [-0.39, 0.29) is 32.4 Å². The number of aliphatic carboxylic acids is 1. The van der Waals surface area contributed by atoms with Gasteiger partial charge >= 0.3 is 5.97 Å². The van der Waals surface area contributed by atoms with Gasteiger partial charge in [-0.2, -0.15) is 0 Å². The second-order valence-corrected chi connectivity index (χ2v) is 17.2. The lowest BCUT2D eigenvalue weighted by Gasteiger charge is -2.29. The molecule has 418 valence electrons. The molecule has 0 saturated carbocycles. The van der Waals surface area contributed by atoms with Crippen molar-refractivity contribution < 1.29 is 93.5 Å². The summed E-state index contributed by atoms with van der Waals surface area (Å²) in [4.78, 5) is 154. The summed E-state index contributed by atoms with van der Waals surface area (Å²) < 4.78 is 0. The van der Waals surface area contributed by atoms with E-state index in [9.17, 15) is 93.5 Å². The summed E-state index contributed by atoms with van der Waals surface area (Å²) in [5.74, 6) is -14.0. The van der Waals surface area contributed by atoms with Gasteiger partial charge in [-0.3, -0.25) is 63.2 Å². The van der Waals surface area contributed by atoms with Gasteiger partial charge in [-0.05, 0) is 45.4 Å². The Hall–Kier alpha value is -6.86. The first-order chi connectivity index (χ1) is 35.0. The number of carbonyl (C=O) groups is 12. The Morgan fingerprint density at radius 1 is 0.703 bits per heavy atom. The number of rotatable bonds is 35. The van der Waals surface area contributed by atoms with Crippen molar-refractivity contribution in [1.82, 2.24) is 52.7 Å². The van der Waals surface area contributed by atoms with E-state index in [4.69, 9.17) is 5.73 Å². The third-order valence-corrected chi connectivity index (χ3v) is 11.3. The Morgan fingerprint density at radius 3 is 1.74 bits per heavy atom. The number of amides is 11. The third-order valence-electron chi connectivity index (χ3n) is 11.3. The van der Waals surface area contributed by atoms with E-state index in [0.29, 0.717) is 29.4 Å². The van der Waals surface area contributed by atoms with E-state index in [1.165, 1.54) is 6.92 Å². The average molecular weight is 1060 g/mol. The number of primary amides is 1. The molecular formula is C44H73N11O19. The molecule has 30 heteroatoms. The van der Waals surface area contributed by atoms with Gasteiger partial charge in [-0.15, -0.1) is 0 Å². The maximum absolute atomic E-state index is 13.7. The number of nitrogens with two attached hydrogens (primary N) is 1. The van der Waals surface area contributed by atoms with Gasteiger partial charge in [0.15, 0.2) is 6.10 Å². The van der Waals surface area contributed by atoms with Crippen LogP contribution in [0.25, 0.3) is 0 Å². The SMILES string of the molecule is CC=C(NC(=O)C(CCCN(O)C(C)=O)NC(=O)C(CO)NC(=O)C(CCC(N)=O)NC(=O)C(CO)NC(=O)C(NC(=O)CCCCCCCCC)C(O)C(=O)O)C(=O)NC(CO)C(=O)NC1CCCN(O)C1=O. The van der Waals surface area contributed by atoms with Gasteiger partial charge in [-0.1, -0.05) is 51.5 Å². The van der Waals surface area contributed by atoms with Crippen molar-refractivity contribution in [2.45, 2.75) is 159 Å². The summed E-state index contributed by atoms with van der Waals surface area (Å²) in [6, 6.07) is -12.5. The van der Waals surface area contributed by atoms with Crippen LogP contribution >= 0.6 is 0 Å². The molecule has 0 radical (unpaired) electrons.